The minimum Gasteiger partial charge on any atom is -0.502 e. The zero-order valence-corrected chi connectivity index (χ0v) is 11.9. The van der Waals surface area contributed by atoms with E-state index in [1.165, 1.54) is 6.07 Å². The van der Waals surface area contributed by atoms with Crippen molar-refractivity contribution in [3.8, 4) is 5.75 Å². The zero-order valence-electron chi connectivity index (χ0n) is 11.9. The van der Waals surface area contributed by atoms with E-state index in [1.807, 2.05) is 0 Å². The molecule has 1 aromatic carbocycles. The highest BCUT2D eigenvalue weighted by Gasteiger charge is 2.23. The average Bonchev–Trinajstić information content (AvgIpc) is 2.49. The first-order valence-corrected chi connectivity index (χ1v) is 6.94. The number of rotatable bonds is 6. The molecule has 1 aliphatic rings. The summed E-state index contributed by atoms with van der Waals surface area (Å²) in [6.07, 6.45) is 0.984. The summed E-state index contributed by atoms with van der Waals surface area (Å²) in [5.41, 5.74) is -0.782. The Labute approximate surface area is 126 Å². The molecular formula is C13H17N3O6. The van der Waals surface area contributed by atoms with E-state index >= 15 is 0 Å². The highest BCUT2D eigenvalue weighted by Crippen LogP contribution is 2.34. The van der Waals surface area contributed by atoms with Gasteiger partial charge in [0.2, 0.25) is 0 Å². The van der Waals surface area contributed by atoms with Gasteiger partial charge in [0.25, 0.3) is 5.69 Å². The van der Waals surface area contributed by atoms with E-state index in [0.717, 1.165) is 25.7 Å². The van der Waals surface area contributed by atoms with E-state index in [0.29, 0.717) is 26.1 Å². The third-order valence-corrected chi connectivity index (χ3v) is 3.59. The van der Waals surface area contributed by atoms with Crippen LogP contribution < -0.4 is 0 Å². The summed E-state index contributed by atoms with van der Waals surface area (Å²) in [6.45, 7) is 3.74. The topological polar surface area (TPSA) is 119 Å². The molecule has 0 atom stereocenters. The molecule has 22 heavy (non-hydrogen) atoms. The normalized spacial score (nSPS) is 15.6. The molecule has 0 radical (unpaired) electrons. The van der Waals surface area contributed by atoms with Gasteiger partial charge in [-0.1, -0.05) is 0 Å². The number of non-ortho nitro benzene ring substituents is 1. The molecule has 9 heteroatoms. The van der Waals surface area contributed by atoms with Gasteiger partial charge in [0.05, 0.1) is 29.1 Å². The molecule has 0 aliphatic carbocycles. The third-order valence-electron chi connectivity index (χ3n) is 3.59. The number of aromatic hydroxyl groups is 1. The lowest BCUT2D eigenvalue weighted by molar-refractivity contribution is -0.394. The van der Waals surface area contributed by atoms with E-state index in [1.54, 1.807) is 0 Å². The lowest BCUT2D eigenvalue weighted by Crippen LogP contribution is -2.36. The molecule has 2 rings (SSSR count). The minimum atomic E-state index is -0.812. The van der Waals surface area contributed by atoms with Crippen LogP contribution in [0.3, 0.4) is 0 Å². The maximum absolute atomic E-state index is 10.9. The number of ether oxygens (including phenoxy) is 1. The number of benzene rings is 1. The standard InChI is InChI=1S/C13H17N3O6/c17-13-10(2-1-3-14-4-6-22-7-5-14)8-11(15(18)19)9-12(13)16(20)21/h8-9,17H,1-7H2. The van der Waals surface area contributed by atoms with Crippen molar-refractivity contribution < 1.29 is 19.7 Å². The van der Waals surface area contributed by atoms with Gasteiger partial charge >= 0.3 is 5.69 Å². The Balaban J connectivity index is 2.08. The number of nitrogens with zero attached hydrogens (tertiary/aromatic N) is 3. The van der Waals surface area contributed by atoms with E-state index in [9.17, 15) is 25.3 Å². The van der Waals surface area contributed by atoms with E-state index in [-0.39, 0.29) is 11.3 Å². The Hall–Kier alpha value is -2.26. The number of phenolic OH excluding ortho intramolecular Hbond substituents is 1. The fourth-order valence-corrected chi connectivity index (χ4v) is 2.41. The average molecular weight is 311 g/mol. The highest BCUT2D eigenvalue weighted by molar-refractivity contribution is 5.57. The van der Waals surface area contributed by atoms with Crippen LogP contribution in [-0.4, -0.2) is 52.7 Å². The van der Waals surface area contributed by atoms with Crippen LogP contribution in [0.1, 0.15) is 12.0 Å². The smallest absolute Gasteiger partial charge is 0.317 e. The molecule has 1 aromatic rings. The van der Waals surface area contributed by atoms with Crippen LogP contribution in [0.5, 0.6) is 5.75 Å². The minimum absolute atomic E-state index is 0.231. The van der Waals surface area contributed by atoms with Gasteiger partial charge in [-0.2, -0.15) is 0 Å². The van der Waals surface area contributed by atoms with Crippen LogP contribution in [0, 0.1) is 20.2 Å². The van der Waals surface area contributed by atoms with Gasteiger partial charge in [-0.25, -0.2) is 0 Å². The molecule has 0 unspecified atom stereocenters. The van der Waals surface area contributed by atoms with Gasteiger partial charge in [0.15, 0.2) is 5.75 Å². The Morgan fingerprint density at radius 2 is 1.86 bits per heavy atom. The first kappa shape index (κ1) is 16.1. The largest absolute Gasteiger partial charge is 0.502 e. The monoisotopic (exact) mass is 311 g/mol. The molecule has 1 heterocycles. The second kappa shape index (κ2) is 7.14. The number of morpholine rings is 1. The van der Waals surface area contributed by atoms with Crippen LogP contribution in [-0.2, 0) is 11.2 Å². The first-order chi connectivity index (χ1) is 10.5. The second-order valence-corrected chi connectivity index (χ2v) is 5.04. The van der Waals surface area contributed by atoms with Gasteiger partial charge in [0, 0.05) is 24.7 Å². The molecule has 1 fully saturated rings. The van der Waals surface area contributed by atoms with E-state index < -0.39 is 21.3 Å². The zero-order chi connectivity index (χ0) is 16.1. The van der Waals surface area contributed by atoms with Crippen LogP contribution in [0.2, 0.25) is 0 Å². The van der Waals surface area contributed by atoms with Gasteiger partial charge < -0.3 is 9.84 Å². The van der Waals surface area contributed by atoms with Crippen molar-refractivity contribution in [3.05, 3.63) is 37.9 Å². The number of aryl methyl sites for hydroxylation is 1. The number of hydrogen-bond donors (Lipinski definition) is 1. The van der Waals surface area contributed by atoms with Crippen molar-refractivity contribution in [2.24, 2.45) is 0 Å². The molecule has 1 aliphatic heterocycles. The predicted octanol–water partition coefficient (Wildman–Crippen LogP) is 1.47. The van der Waals surface area contributed by atoms with Gasteiger partial charge in [-0.3, -0.25) is 25.1 Å². The summed E-state index contributed by atoms with van der Waals surface area (Å²) in [4.78, 5) is 22.4. The van der Waals surface area contributed by atoms with Crippen LogP contribution in [0.4, 0.5) is 11.4 Å². The summed E-state index contributed by atoms with van der Waals surface area (Å²) in [7, 11) is 0. The predicted molar refractivity (Wildman–Crippen MR) is 77.0 cm³/mol. The highest BCUT2D eigenvalue weighted by atomic mass is 16.6. The van der Waals surface area contributed by atoms with Crippen molar-refractivity contribution in [1.82, 2.24) is 4.90 Å². The summed E-state index contributed by atoms with van der Waals surface area (Å²) in [5.74, 6) is -0.488. The number of nitro groups is 2. The third kappa shape index (κ3) is 3.89. The van der Waals surface area contributed by atoms with Crippen molar-refractivity contribution >= 4 is 11.4 Å². The summed E-state index contributed by atoms with van der Waals surface area (Å²) < 4.78 is 5.24. The van der Waals surface area contributed by atoms with Gasteiger partial charge in [-0.05, 0) is 19.4 Å². The quantitative estimate of drug-likeness (QED) is 0.624. The Morgan fingerprint density at radius 3 is 2.45 bits per heavy atom. The first-order valence-electron chi connectivity index (χ1n) is 6.94. The number of hydrogen-bond acceptors (Lipinski definition) is 7. The SMILES string of the molecule is O=[N+]([O-])c1cc(CCCN2CCOCC2)c(O)c([N+](=O)[O-])c1. The molecule has 0 amide bonds. The van der Waals surface area contributed by atoms with Gasteiger partial charge in [-0.15, -0.1) is 0 Å². The fourth-order valence-electron chi connectivity index (χ4n) is 2.41. The van der Waals surface area contributed by atoms with Crippen LogP contribution >= 0.6 is 0 Å². The second-order valence-electron chi connectivity index (χ2n) is 5.04. The number of phenols is 1. The molecule has 0 spiro atoms. The van der Waals surface area contributed by atoms with Gasteiger partial charge in [0.1, 0.15) is 0 Å². The molecule has 0 bridgehead atoms. The summed E-state index contributed by atoms with van der Waals surface area (Å²) in [5, 5.41) is 31.6. The lowest BCUT2D eigenvalue weighted by atomic mass is 10.1. The molecule has 0 aromatic heterocycles. The number of nitro benzene ring substituents is 2. The van der Waals surface area contributed by atoms with E-state index in [4.69, 9.17) is 4.74 Å². The molecule has 1 N–H and O–H groups in total. The molecule has 9 nitrogen and oxygen atoms in total. The van der Waals surface area contributed by atoms with Crippen LogP contribution in [0.25, 0.3) is 0 Å². The Morgan fingerprint density at radius 1 is 1.18 bits per heavy atom. The van der Waals surface area contributed by atoms with Crippen LogP contribution in [0.15, 0.2) is 12.1 Å². The summed E-state index contributed by atoms with van der Waals surface area (Å²) in [6, 6.07) is 1.97. The maximum Gasteiger partial charge on any atom is 0.317 e. The van der Waals surface area contributed by atoms with Crippen molar-refractivity contribution in [2.45, 2.75) is 12.8 Å². The maximum atomic E-state index is 10.9. The lowest BCUT2D eigenvalue weighted by Gasteiger charge is -2.26. The summed E-state index contributed by atoms with van der Waals surface area (Å²) >= 11 is 0. The molecule has 120 valence electrons. The van der Waals surface area contributed by atoms with Crippen molar-refractivity contribution in [2.75, 3.05) is 32.8 Å². The van der Waals surface area contributed by atoms with E-state index in [2.05, 4.69) is 4.90 Å². The molecular weight excluding hydrogens is 294 g/mol. The Bertz CT molecular complexity index is 571. The molecule has 0 saturated carbocycles. The Kier molecular flexibility index (Phi) is 5.23. The van der Waals surface area contributed by atoms with Crippen molar-refractivity contribution in [1.29, 1.82) is 0 Å². The molecule has 1 saturated heterocycles. The fraction of sp³-hybridized carbons (Fsp3) is 0.538. The van der Waals surface area contributed by atoms with Crippen molar-refractivity contribution in [3.63, 3.8) is 0 Å².